The van der Waals surface area contributed by atoms with Crippen molar-refractivity contribution in [1.82, 2.24) is 25.1 Å². The van der Waals surface area contributed by atoms with Crippen LogP contribution in [-0.2, 0) is 13.1 Å². The molecule has 2 aromatic carbocycles. The summed E-state index contributed by atoms with van der Waals surface area (Å²) in [5, 5.41) is 8.77. The summed E-state index contributed by atoms with van der Waals surface area (Å²) in [4.78, 5) is 20.7. The van der Waals surface area contributed by atoms with Gasteiger partial charge in [-0.05, 0) is 43.2 Å². The fourth-order valence-corrected chi connectivity index (χ4v) is 3.87. The summed E-state index contributed by atoms with van der Waals surface area (Å²) < 4.78 is 15.5. The minimum Gasteiger partial charge on any atom is -0.351 e. The highest BCUT2D eigenvalue weighted by molar-refractivity contribution is 5.82. The summed E-state index contributed by atoms with van der Waals surface area (Å²) in [5.74, 6) is 1.12. The second kappa shape index (κ2) is 6.63. The summed E-state index contributed by atoms with van der Waals surface area (Å²) in [5.41, 5.74) is 3.64. The Morgan fingerprint density at radius 1 is 1.17 bits per heavy atom. The van der Waals surface area contributed by atoms with Gasteiger partial charge in [-0.1, -0.05) is 24.3 Å². The van der Waals surface area contributed by atoms with Crippen molar-refractivity contribution < 1.29 is 4.39 Å². The van der Waals surface area contributed by atoms with E-state index in [0.717, 1.165) is 16.9 Å². The number of nitrogens with zero attached hydrogens (tertiary/aromatic N) is 3. The second-order valence-electron chi connectivity index (χ2n) is 7.48. The van der Waals surface area contributed by atoms with E-state index in [2.05, 4.69) is 20.4 Å². The molecule has 0 fully saturated rings. The number of hydrogen-bond acceptors (Lipinski definition) is 4. The van der Waals surface area contributed by atoms with Gasteiger partial charge in [-0.3, -0.25) is 4.79 Å². The Morgan fingerprint density at radius 2 is 2.00 bits per heavy atom. The first-order valence-corrected chi connectivity index (χ1v) is 9.56. The van der Waals surface area contributed by atoms with Gasteiger partial charge in [0.25, 0.3) is 0 Å². The molecule has 7 heteroatoms. The minimum absolute atomic E-state index is 0.0140. The van der Waals surface area contributed by atoms with Crippen LogP contribution in [0, 0.1) is 19.7 Å². The van der Waals surface area contributed by atoms with Gasteiger partial charge >= 0.3 is 0 Å². The van der Waals surface area contributed by atoms with Crippen molar-refractivity contribution in [3.8, 4) is 11.5 Å². The van der Waals surface area contributed by atoms with Crippen LogP contribution in [0.2, 0.25) is 0 Å². The van der Waals surface area contributed by atoms with E-state index in [9.17, 15) is 9.18 Å². The summed E-state index contributed by atoms with van der Waals surface area (Å²) in [6.07, 6.45) is 0. The number of aryl methyl sites for hydroxylation is 1. The fraction of sp³-hybridized carbons (Fsp3) is 0.227. The van der Waals surface area contributed by atoms with E-state index in [4.69, 9.17) is 0 Å². The Labute approximate surface area is 166 Å². The molecule has 6 nitrogen and oxygen atoms in total. The molecule has 3 heterocycles. The van der Waals surface area contributed by atoms with Gasteiger partial charge in [0.1, 0.15) is 11.6 Å². The third-order valence-electron chi connectivity index (χ3n) is 5.57. The smallest absolute Gasteiger partial charge is 0.198 e. The van der Waals surface area contributed by atoms with Crippen LogP contribution in [0.1, 0.15) is 28.6 Å². The summed E-state index contributed by atoms with van der Waals surface area (Å²) >= 11 is 0. The van der Waals surface area contributed by atoms with Crippen LogP contribution in [0.15, 0.2) is 47.3 Å². The summed E-state index contributed by atoms with van der Waals surface area (Å²) in [6, 6.07) is 12.6. The Morgan fingerprint density at radius 3 is 2.83 bits per heavy atom. The molecule has 4 aromatic rings. The number of halogens is 1. The first kappa shape index (κ1) is 17.8. The normalized spacial score (nSPS) is 16.2. The van der Waals surface area contributed by atoms with E-state index in [1.165, 1.54) is 6.07 Å². The molecule has 5 rings (SSSR count). The van der Waals surface area contributed by atoms with E-state index < -0.39 is 0 Å². The van der Waals surface area contributed by atoms with Gasteiger partial charge in [0, 0.05) is 16.5 Å². The molecule has 0 bridgehead atoms. The number of para-hydroxylation sites is 1. The van der Waals surface area contributed by atoms with Crippen molar-refractivity contribution in [2.45, 2.75) is 33.0 Å². The first-order valence-electron chi connectivity index (χ1n) is 9.56. The molecule has 1 atom stereocenters. The molecule has 0 spiro atoms. The lowest BCUT2D eigenvalue weighted by Gasteiger charge is -2.24. The molecule has 0 amide bonds. The number of hydrogen-bond donors (Lipinski definition) is 2. The topological polar surface area (TPSA) is 75.6 Å². The zero-order valence-electron chi connectivity index (χ0n) is 16.2. The molecule has 29 heavy (non-hydrogen) atoms. The van der Waals surface area contributed by atoms with Crippen molar-refractivity contribution in [2.24, 2.45) is 0 Å². The predicted octanol–water partition coefficient (Wildman–Crippen LogP) is 3.39. The highest BCUT2D eigenvalue weighted by atomic mass is 19.1. The molecule has 1 aliphatic rings. The highest BCUT2D eigenvalue weighted by Crippen LogP contribution is 2.25. The summed E-state index contributed by atoms with van der Waals surface area (Å²) in [7, 11) is 0. The van der Waals surface area contributed by atoms with Crippen molar-refractivity contribution >= 4 is 10.9 Å². The van der Waals surface area contributed by atoms with Gasteiger partial charge < -0.3 is 10.3 Å². The molecule has 1 unspecified atom stereocenters. The maximum absolute atomic E-state index is 13.6. The monoisotopic (exact) mass is 389 g/mol. The number of aromatic nitrogens is 4. The Kier molecular flexibility index (Phi) is 4.06. The van der Waals surface area contributed by atoms with Crippen LogP contribution in [0.5, 0.6) is 0 Å². The van der Waals surface area contributed by atoms with Gasteiger partial charge in [0.15, 0.2) is 11.3 Å². The zero-order valence-corrected chi connectivity index (χ0v) is 16.2. The molecule has 2 N–H and O–H groups in total. The Bertz CT molecular complexity index is 1310. The van der Waals surface area contributed by atoms with Crippen molar-refractivity contribution in [3.05, 3.63) is 81.0 Å². The van der Waals surface area contributed by atoms with E-state index >= 15 is 0 Å². The largest absolute Gasteiger partial charge is 0.351 e. The highest BCUT2D eigenvalue weighted by Gasteiger charge is 2.24. The maximum atomic E-state index is 13.6. The average Bonchev–Trinajstić information content (AvgIpc) is 3.16. The van der Waals surface area contributed by atoms with Crippen molar-refractivity contribution in [3.63, 3.8) is 0 Å². The van der Waals surface area contributed by atoms with E-state index in [1.807, 2.05) is 35.0 Å². The van der Waals surface area contributed by atoms with E-state index in [0.29, 0.717) is 41.1 Å². The predicted molar refractivity (Wildman–Crippen MR) is 109 cm³/mol. The van der Waals surface area contributed by atoms with E-state index in [-0.39, 0.29) is 17.3 Å². The van der Waals surface area contributed by atoms with Crippen molar-refractivity contribution in [2.75, 3.05) is 0 Å². The number of nitrogens with one attached hydrogen (secondary N) is 2. The molecular formula is C22H20FN5O. The number of rotatable bonds is 2. The molecule has 0 aliphatic carbocycles. The van der Waals surface area contributed by atoms with Crippen LogP contribution < -0.4 is 10.7 Å². The van der Waals surface area contributed by atoms with Crippen LogP contribution in [-0.4, -0.2) is 19.7 Å². The first-order chi connectivity index (χ1) is 14.0. The Balaban J connectivity index is 1.53. The summed E-state index contributed by atoms with van der Waals surface area (Å²) in [6.45, 7) is 4.69. The second-order valence-corrected chi connectivity index (χ2v) is 7.48. The van der Waals surface area contributed by atoms with Gasteiger partial charge in [-0.25, -0.2) is 14.1 Å². The van der Waals surface area contributed by atoms with Crippen LogP contribution in [0.25, 0.3) is 22.4 Å². The molecule has 2 aromatic heterocycles. The Hall–Kier alpha value is -3.32. The quantitative estimate of drug-likeness (QED) is 0.551. The fourth-order valence-electron chi connectivity index (χ4n) is 3.87. The lowest BCUT2D eigenvalue weighted by molar-refractivity contribution is 0.371. The van der Waals surface area contributed by atoms with Crippen molar-refractivity contribution in [1.29, 1.82) is 0 Å². The van der Waals surface area contributed by atoms with Crippen LogP contribution in [0.3, 0.4) is 0 Å². The molecule has 0 saturated heterocycles. The van der Waals surface area contributed by atoms with Gasteiger partial charge in [-0.15, -0.1) is 5.10 Å². The SMILES string of the molecule is Cc1cc(C2Cn3nc(-c4[nH]c5ccccc5c(=O)c4C)nc3CN2)ccc1F. The van der Waals surface area contributed by atoms with E-state index in [1.54, 1.807) is 19.9 Å². The molecule has 0 radical (unpaired) electrons. The maximum Gasteiger partial charge on any atom is 0.198 e. The van der Waals surface area contributed by atoms with Gasteiger partial charge in [-0.2, -0.15) is 0 Å². The van der Waals surface area contributed by atoms with Crippen LogP contribution in [0.4, 0.5) is 4.39 Å². The lowest BCUT2D eigenvalue weighted by atomic mass is 10.0. The third-order valence-corrected chi connectivity index (χ3v) is 5.57. The lowest BCUT2D eigenvalue weighted by Crippen LogP contribution is -2.33. The minimum atomic E-state index is -0.205. The number of fused-ring (bicyclic) bond motifs is 2. The number of pyridine rings is 1. The average molecular weight is 389 g/mol. The third kappa shape index (κ3) is 2.94. The number of H-pyrrole nitrogens is 1. The molecular weight excluding hydrogens is 369 g/mol. The zero-order chi connectivity index (χ0) is 20.1. The number of benzene rings is 2. The molecule has 146 valence electrons. The van der Waals surface area contributed by atoms with Gasteiger partial charge in [0.05, 0.1) is 24.8 Å². The van der Waals surface area contributed by atoms with Gasteiger partial charge in [0.2, 0.25) is 0 Å². The number of aromatic amines is 1. The van der Waals surface area contributed by atoms with Crippen LogP contribution >= 0.6 is 0 Å². The molecule has 1 aliphatic heterocycles. The standard InChI is InChI=1S/C22H20FN5O/c1-12-9-14(7-8-16(12)23)18-11-28-19(10-24-18)26-22(27-28)20-13(2)21(29)15-5-3-4-6-17(15)25-20/h3-9,18,24H,10-11H2,1-2H3,(H,25,29). The molecule has 0 saturated carbocycles.